The maximum absolute atomic E-state index is 11.9. The van der Waals surface area contributed by atoms with Gasteiger partial charge in [-0.15, -0.1) is 6.58 Å². The Morgan fingerprint density at radius 2 is 2.00 bits per heavy atom. The topological polar surface area (TPSA) is 60.3 Å². The molecule has 5 heteroatoms. The second kappa shape index (κ2) is 6.56. The molecule has 5 nitrogen and oxygen atoms in total. The number of methoxy groups -OCH3 is 1. The first kappa shape index (κ1) is 14.6. The molecule has 1 amide bonds. The molecule has 0 aliphatic heterocycles. The first-order chi connectivity index (χ1) is 10.2. The third-order valence-electron chi connectivity index (χ3n) is 2.93. The number of hydrogen-bond acceptors (Lipinski definition) is 3. The van der Waals surface area contributed by atoms with Gasteiger partial charge in [-0.3, -0.25) is 14.2 Å². The SMILES string of the molecule is C=CCNC(=O)c1ccc(=O)n(-c2ccc(OC)cc2)c1. The maximum Gasteiger partial charge on any atom is 0.255 e. The van der Waals surface area contributed by atoms with Crippen molar-refractivity contribution in [1.29, 1.82) is 0 Å². The average molecular weight is 284 g/mol. The second-order valence-corrected chi connectivity index (χ2v) is 4.32. The van der Waals surface area contributed by atoms with E-state index in [0.29, 0.717) is 23.5 Å². The first-order valence-corrected chi connectivity index (χ1v) is 6.42. The molecule has 0 unspecified atom stereocenters. The Kier molecular flexibility index (Phi) is 4.56. The highest BCUT2D eigenvalue weighted by atomic mass is 16.5. The van der Waals surface area contributed by atoms with E-state index in [1.807, 2.05) is 0 Å². The van der Waals surface area contributed by atoms with Gasteiger partial charge in [0.15, 0.2) is 0 Å². The quantitative estimate of drug-likeness (QED) is 0.851. The van der Waals surface area contributed by atoms with E-state index in [1.165, 1.54) is 22.9 Å². The number of amides is 1. The lowest BCUT2D eigenvalue weighted by atomic mass is 10.2. The Morgan fingerprint density at radius 3 is 2.62 bits per heavy atom. The number of pyridine rings is 1. The van der Waals surface area contributed by atoms with Crippen molar-refractivity contribution >= 4 is 5.91 Å². The van der Waals surface area contributed by atoms with Gasteiger partial charge in [0.05, 0.1) is 12.7 Å². The van der Waals surface area contributed by atoms with E-state index < -0.39 is 0 Å². The standard InChI is InChI=1S/C16H16N2O3/c1-3-10-17-16(20)12-4-9-15(19)18(11-12)13-5-7-14(21-2)8-6-13/h3-9,11H,1,10H2,2H3,(H,17,20). The van der Waals surface area contributed by atoms with Crippen LogP contribution in [0.1, 0.15) is 10.4 Å². The van der Waals surface area contributed by atoms with Crippen LogP contribution in [0.15, 0.2) is 60.0 Å². The molecule has 2 rings (SSSR count). The number of hydrogen-bond donors (Lipinski definition) is 1. The molecule has 0 aliphatic rings. The molecule has 2 aromatic rings. The van der Waals surface area contributed by atoms with Crippen molar-refractivity contribution < 1.29 is 9.53 Å². The molecule has 0 saturated carbocycles. The summed E-state index contributed by atoms with van der Waals surface area (Å²) in [4.78, 5) is 23.9. The van der Waals surface area contributed by atoms with Gasteiger partial charge in [0.1, 0.15) is 5.75 Å². The largest absolute Gasteiger partial charge is 0.497 e. The van der Waals surface area contributed by atoms with Crippen LogP contribution < -0.4 is 15.6 Å². The monoisotopic (exact) mass is 284 g/mol. The van der Waals surface area contributed by atoms with Crippen molar-refractivity contribution in [2.24, 2.45) is 0 Å². The number of nitrogens with zero attached hydrogens (tertiary/aromatic N) is 1. The predicted octanol–water partition coefficient (Wildman–Crippen LogP) is 1.76. The van der Waals surface area contributed by atoms with E-state index in [4.69, 9.17) is 4.74 Å². The van der Waals surface area contributed by atoms with E-state index in [9.17, 15) is 9.59 Å². The van der Waals surface area contributed by atoms with Crippen molar-refractivity contribution in [2.75, 3.05) is 13.7 Å². The lowest BCUT2D eigenvalue weighted by Crippen LogP contribution is -2.26. The number of rotatable bonds is 5. The molecular formula is C16H16N2O3. The summed E-state index contributed by atoms with van der Waals surface area (Å²) in [5.74, 6) is 0.448. The maximum atomic E-state index is 11.9. The molecule has 0 bridgehead atoms. The van der Waals surface area contributed by atoms with Gasteiger partial charge in [-0.25, -0.2) is 0 Å². The van der Waals surface area contributed by atoms with Crippen LogP contribution in [0.4, 0.5) is 0 Å². The number of ether oxygens (including phenoxy) is 1. The fourth-order valence-electron chi connectivity index (χ4n) is 1.83. The van der Waals surface area contributed by atoms with Gasteiger partial charge in [0.25, 0.3) is 11.5 Å². The smallest absolute Gasteiger partial charge is 0.255 e. The van der Waals surface area contributed by atoms with Crippen LogP contribution in [0, 0.1) is 0 Å². The molecule has 1 heterocycles. The van der Waals surface area contributed by atoms with E-state index in [2.05, 4.69) is 11.9 Å². The van der Waals surface area contributed by atoms with Crippen LogP contribution in [-0.2, 0) is 0 Å². The third kappa shape index (κ3) is 3.39. The summed E-state index contributed by atoms with van der Waals surface area (Å²) in [7, 11) is 1.58. The van der Waals surface area contributed by atoms with Crippen molar-refractivity contribution in [1.82, 2.24) is 9.88 Å². The van der Waals surface area contributed by atoms with Crippen LogP contribution in [0.2, 0.25) is 0 Å². The van der Waals surface area contributed by atoms with Gasteiger partial charge in [0.2, 0.25) is 0 Å². The van der Waals surface area contributed by atoms with Crippen LogP contribution in [0.5, 0.6) is 5.75 Å². The van der Waals surface area contributed by atoms with Gasteiger partial charge < -0.3 is 10.1 Å². The lowest BCUT2D eigenvalue weighted by Gasteiger charge is -2.09. The zero-order valence-corrected chi connectivity index (χ0v) is 11.7. The minimum absolute atomic E-state index is 0.208. The van der Waals surface area contributed by atoms with Crippen LogP contribution in [0.25, 0.3) is 5.69 Å². The summed E-state index contributed by atoms with van der Waals surface area (Å²) in [6.45, 7) is 3.92. The number of nitrogens with one attached hydrogen (secondary N) is 1. The Bertz CT molecular complexity index is 702. The summed E-state index contributed by atoms with van der Waals surface area (Å²) in [5.41, 5.74) is 0.867. The Labute approximate surface area is 122 Å². The van der Waals surface area contributed by atoms with Gasteiger partial charge in [0, 0.05) is 24.5 Å². The number of carbonyl (C=O) groups excluding carboxylic acids is 1. The Morgan fingerprint density at radius 1 is 1.29 bits per heavy atom. The molecular weight excluding hydrogens is 268 g/mol. The molecule has 0 aliphatic carbocycles. The van der Waals surface area contributed by atoms with Crippen LogP contribution in [0.3, 0.4) is 0 Å². The lowest BCUT2D eigenvalue weighted by molar-refractivity contribution is 0.0957. The molecule has 0 radical (unpaired) electrons. The van der Waals surface area contributed by atoms with Gasteiger partial charge >= 0.3 is 0 Å². The van der Waals surface area contributed by atoms with Crippen molar-refractivity contribution in [3.8, 4) is 11.4 Å². The molecule has 21 heavy (non-hydrogen) atoms. The van der Waals surface area contributed by atoms with E-state index in [-0.39, 0.29) is 11.5 Å². The molecule has 0 spiro atoms. The fraction of sp³-hybridized carbons (Fsp3) is 0.125. The highest BCUT2D eigenvalue weighted by Gasteiger charge is 2.07. The van der Waals surface area contributed by atoms with Crippen LogP contribution >= 0.6 is 0 Å². The molecule has 1 aromatic carbocycles. The molecule has 0 saturated heterocycles. The second-order valence-electron chi connectivity index (χ2n) is 4.32. The predicted molar refractivity (Wildman–Crippen MR) is 81.1 cm³/mol. The molecule has 1 aromatic heterocycles. The zero-order valence-electron chi connectivity index (χ0n) is 11.7. The number of benzene rings is 1. The molecule has 1 N–H and O–H groups in total. The highest BCUT2D eigenvalue weighted by molar-refractivity contribution is 5.94. The first-order valence-electron chi connectivity index (χ1n) is 6.42. The van der Waals surface area contributed by atoms with E-state index in [1.54, 1.807) is 37.5 Å². The molecule has 0 atom stereocenters. The summed E-state index contributed by atoms with van der Waals surface area (Å²) >= 11 is 0. The Hall–Kier alpha value is -2.82. The molecule has 0 fully saturated rings. The van der Waals surface area contributed by atoms with Gasteiger partial charge in [-0.2, -0.15) is 0 Å². The minimum Gasteiger partial charge on any atom is -0.497 e. The van der Waals surface area contributed by atoms with E-state index >= 15 is 0 Å². The minimum atomic E-state index is -0.253. The van der Waals surface area contributed by atoms with Crippen LogP contribution in [-0.4, -0.2) is 24.1 Å². The summed E-state index contributed by atoms with van der Waals surface area (Å²) in [5, 5.41) is 2.67. The summed E-state index contributed by atoms with van der Waals surface area (Å²) in [6.07, 6.45) is 3.11. The molecule has 108 valence electrons. The van der Waals surface area contributed by atoms with Crippen molar-refractivity contribution in [3.63, 3.8) is 0 Å². The van der Waals surface area contributed by atoms with Crippen molar-refractivity contribution in [2.45, 2.75) is 0 Å². The van der Waals surface area contributed by atoms with Crippen molar-refractivity contribution in [3.05, 3.63) is 71.2 Å². The average Bonchev–Trinajstić information content (AvgIpc) is 2.53. The third-order valence-corrected chi connectivity index (χ3v) is 2.93. The highest BCUT2D eigenvalue weighted by Crippen LogP contribution is 2.14. The number of carbonyl (C=O) groups is 1. The summed E-state index contributed by atoms with van der Waals surface area (Å²) in [6, 6.07) is 9.89. The Balaban J connectivity index is 2.36. The number of aromatic nitrogens is 1. The van der Waals surface area contributed by atoms with Gasteiger partial charge in [-0.1, -0.05) is 6.08 Å². The van der Waals surface area contributed by atoms with E-state index in [0.717, 1.165) is 0 Å². The fourth-order valence-corrected chi connectivity index (χ4v) is 1.83. The normalized spacial score (nSPS) is 9.95. The summed E-state index contributed by atoms with van der Waals surface area (Å²) < 4.78 is 6.50. The van der Waals surface area contributed by atoms with Gasteiger partial charge in [-0.05, 0) is 30.3 Å². The zero-order chi connectivity index (χ0) is 15.2.